The molecular formula is C15H19BrO2. The lowest BCUT2D eigenvalue weighted by Gasteiger charge is -2.28. The van der Waals surface area contributed by atoms with Gasteiger partial charge in [-0.2, -0.15) is 0 Å². The number of benzene rings is 1. The third-order valence-electron chi connectivity index (χ3n) is 3.50. The number of carbonyl (C=O) groups excluding carboxylic acids is 1. The van der Waals surface area contributed by atoms with Crippen molar-refractivity contribution in [1.82, 2.24) is 0 Å². The van der Waals surface area contributed by atoms with E-state index in [0.717, 1.165) is 42.1 Å². The highest BCUT2D eigenvalue weighted by Gasteiger charge is 2.30. The maximum absolute atomic E-state index is 12.0. The van der Waals surface area contributed by atoms with Crippen LogP contribution in [0, 0.1) is 0 Å². The van der Waals surface area contributed by atoms with Crippen LogP contribution < -0.4 is 0 Å². The molecule has 0 spiro atoms. The molecule has 0 amide bonds. The largest absolute Gasteiger partial charge is 0.462 e. The molecule has 0 saturated carbocycles. The number of carbonyl (C=O) groups is 1. The van der Waals surface area contributed by atoms with Crippen LogP contribution in [0.4, 0.5) is 0 Å². The minimum atomic E-state index is -0.0732. The molecule has 0 aliphatic carbocycles. The quantitative estimate of drug-likeness (QED) is 0.769. The van der Waals surface area contributed by atoms with Crippen molar-refractivity contribution in [3.8, 4) is 0 Å². The maximum Gasteiger partial charge on any atom is 0.313 e. The first-order valence-electron chi connectivity index (χ1n) is 6.66. The fraction of sp³-hybridized carbons (Fsp3) is 0.533. The molecule has 0 aromatic heterocycles. The molecule has 0 radical (unpaired) electrons. The van der Waals surface area contributed by atoms with Crippen LogP contribution in [0.5, 0.6) is 0 Å². The van der Waals surface area contributed by atoms with E-state index < -0.39 is 0 Å². The van der Waals surface area contributed by atoms with E-state index in [4.69, 9.17) is 4.74 Å². The highest BCUT2D eigenvalue weighted by molar-refractivity contribution is 9.10. The molecular weight excluding hydrogens is 292 g/mol. The molecule has 98 valence electrons. The standard InChI is InChI=1S/C15H19BrO2/c1-2-3-4-13-9-10-14(15(17)18-13)11-5-7-12(16)8-6-11/h5-8,13-14H,2-4,9-10H2,1H3. The fourth-order valence-corrected chi connectivity index (χ4v) is 2.67. The number of ether oxygens (including phenoxy) is 1. The number of cyclic esters (lactones) is 1. The van der Waals surface area contributed by atoms with E-state index in [2.05, 4.69) is 22.9 Å². The second-order valence-corrected chi connectivity index (χ2v) is 5.80. The van der Waals surface area contributed by atoms with Gasteiger partial charge in [0.05, 0.1) is 5.92 Å². The topological polar surface area (TPSA) is 26.3 Å². The van der Waals surface area contributed by atoms with Crippen LogP contribution in [0.2, 0.25) is 0 Å². The summed E-state index contributed by atoms with van der Waals surface area (Å²) in [4.78, 5) is 12.0. The highest BCUT2D eigenvalue weighted by atomic mass is 79.9. The Morgan fingerprint density at radius 1 is 1.28 bits per heavy atom. The van der Waals surface area contributed by atoms with E-state index >= 15 is 0 Å². The normalized spacial score (nSPS) is 23.8. The Balaban J connectivity index is 1.97. The summed E-state index contributed by atoms with van der Waals surface area (Å²) >= 11 is 3.41. The van der Waals surface area contributed by atoms with Crippen LogP contribution in [-0.4, -0.2) is 12.1 Å². The summed E-state index contributed by atoms with van der Waals surface area (Å²) in [6, 6.07) is 7.96. The van der Waals surface area contributed by atoms with Crippen molar-refractivity contribution in [2.24, 2.45) is 0 Å². The van der Waals surface area contributed by atoms with Gasteiger partial charge in [-0.15, -0.1) is 0 Å². The minimum absolute atomic E-state index is 0.0512. The molecule has 18 heavy (non-hydrogen) atoms. The van der Waals surface area contributed by atoms with E-state index in [1.807, 2.05) is 24.3 Å². The predicted octanol–water partition coefficient (Wildman–Crippen LogP) is 4.43. The summed E-state index contributed by atoms with van der Waals surface area (Å²) < 4.78 is 6.57. The molecule has 1 saturated heterocycles. The first-order chi connectivity index (χ1) is 8.70. The molecule has 1 aliphatic heterocycles. The predicted molar refractivity (Wildman–Crippen MR) is 75.5 cm³/mol. The number of hydrogen-bond acceptors (Lipinski definition) is 2. The highest BCUT2D eigenvalue weighted by Crippen LogP contribution is 2.31. The van der Waals surface area contributed by atoms with E-state index in [1.165, 1.54) is 0 Å². The lowest BCUT2D eigenvalue weighted by atomic mass is 9.89. The average molecular weight is 311 g/mol. The maximum atomic E-state index is 12.0. The van der Waals surface area contributed by atoms with Gasteiger partial charge in [0.2, 0.25) is 0 Å². The van der Waals surface area contributed by atoms with Gasteiger partial charge < -0.3 is 4.74 Å². The van der Waals surface area contributed by atoms with E-state index in [0.29, 0.717) is 0 Å². The lowest BCUT2D eigenvalue weighted by molar-refractivity contribution is -0.156. The van der Waals surface area contributed by atoms with Crippen LogP contribution in [-0.2, 0) is 9.53 Å². The number of rotatable bonds is 4. The minimum Gasteiger partial charge on any atom is -0.462 e. The molecule has 2 nitrogen and oxygen atoms in total. The van der Waals surface area contributed by atoms with Gasteiger partial charge in [0.1, 0.15) is 6.10 Å². The van der Waals surface area contributed by atoms with Crippen molar-refractivity contribution in [2.75, 3.05) is 0 Å². The van der Waals surface area contributed by atoms with Gasteiger partial charge in [-0.3, -0.25) is 4.79 Å². The van der Waals surface area contributed by atoms with Crippen LogP contribution in [0.1, 0.15) is 50.5 Å². The molecule has 2 unspecified atom stereocenters. The van der Waals surface area contributed by atoms with Crippen molar-refractivity contribution in [1.29, 1.82) is 0 Å². The Morgan fingerprint density at radius 2 is 2.00 bits per heavy atom. The summed E-state index contributed by atoms with van der Waals surface area (Å²) in [5.74, 6) is -0.124. The fourth-order valence-electron chi connectivity index (χ4n) is 2.41. The molecule has 1 aromatic carbocycles. The molecule has 3 heteroatoms. The molecule has 1 heterocycles. The van der Waals surface area contributed by atoms with Gasteiger partial charge in [0.25, 0.3) is 0 Å². The second kappa shape index (κ2) is 6.37. The second-order valence-electron chi connectivity index (χ2n) is 4.88. The Hall–Kier alpha value is -0.830. The van der Waals surface area contributed by atoms with Crippen molar-refractivity contribution in [3.05, 3.63) is 34.3 Å². The molecule has 2 rings (SSSR count). The molecule has 1 fully saturated rings. The Kier molecular flexibility index (Phi) is 4.81. The monoisotopic (exact) mass is 310 g/mol. The molecule has 1 aliphatic rings. The van der Waals surface area contributed by atoms with Crippen LogP contribution in [0.15, 0.2) is 28.7 Å². The van der Waals surface area contributed by atoms with Gasteiger partial charge >= 0.3 is 5.97 Å². The van der Waals surface area contributed by atoms with Gasteiger partial charge in [0, 0.05) is 4.47 Å². The Morgan fingerprint density at radius 3 is 2.61 bits per heavy atom. The first kappa shape index (κ1) is 13.6. The van der Waals surface area contributed by atoms with E-state index in [9.17, 15) is 4.79 Å². The summed E-state index contributed by atoms with van der Waals surface area (Å²) in [7, 11) is 0. The van der Waals surface area contributed by atoms with Crippen molar-refractivity contribution in [2.45, 2.75) is 51.0 Å². The number of hydrogen-bond donors (Lipinski definition) is 0. The third-order valence-corrected chi connectivity index (χ3v) is 4.03. The zero-order chi connectivity index (χ0) is 13.0. The number of esters is 1. The molecule has 0 bridgehead atoms. The molecule has 2 atom stereocenters. The van der Waals surface area contributed by atoms with Gasteiger partial charge in [-0.1, -0.05) is 47.8 Å². The van der Waals surface area contributed by atoms with Crippen LogP contribution in [0.3, 0.4) is 0 Å². The summed E-state index contributed by atoms with van der Waals surface area (Å²) in [6.07, 6.45) is 5.35. The Labute approximate surface area is 117 Å². The molecule has 0 N–H and O–H groups in total. The van der Waals surface area contributed by atoms with Gasteiger partial charge in [0.15, 0.2) is 0 Å². The van der Waals surface area contributed by atoms with Crippen LogP contribution >= 0.6 is 15.9 Å². The summed E-state index contributed by atoms with van der Waals surface area (Å²) in [5.41, 5.74) is 1.07. The summed E-state index contributed by atoms with van der Waals surface area (Å²) in [5, 5.41) is 0. The van der Waals surface area contributed by atoms with Crippen molar-refractivity contribution < 1.29 is 9.53 Å². The molecule has 1 aromatic rings. The number of unbranched alkanes of at least 4 members (excludes halogenated alkanes) is 1. The van der Waals surface area contributed by atoms with Gasteiger partial charge in [-0.05, 0) is 37.0 Å². The third kappa shape index (κ3) is 3.35. The Bertz CT molecular complexity index is 399. The lowest BCUT2D eigenvalue weighted by Crippen LogP contribution is -2.29. The zero-order valence-corrected chi connectivity index (χ0v) is 12.3. The average Bonchev–Trinajstić information content (AvgIpc) is 2.38. The zero-order valence-electron chi connectivity index (χ0n) is 10.7. The van der Waals surface area contributed by atoms with Crippen molar-refractivity contribution >= 4 is 21.9 Å². The van der Waals surface area contributed by atoms with Gasteiger partial charge in [-0.25, -0.2) is 0 Å². The smallest absolute Gasteiger partial charge is 0.313 e. The summed E-state index contributed by atoms with van der Waals surface area (Å²) in [6.45, 7) is 2.16. The van der Waals surface area contributed by atoms with Crippen molar-refractivity contribution in [3.63, 3.8) is 0 Å². The number of halogens is 1. The van der Waals surface area contributed by atoms with Crippen LogP contribution in [0.25, 0.3) is 0 Å². The van der Waals surface area contributed by atoms with E-state index in [1.54, 1.807) is 0 Å². The first-order valence-corrected chi connectivity index (χ1v) is 7.46. The SMILES string of the molecule is CCCCC1CCC(c2ccc(Br)cc2)C(=O)O1. The van der Waals surface area contributed by atoms with E-state index in [-0.39, 0.29) is 18.0 Å².